The molecule has 0 spiro atoms. The first-order valence-electron chi connectivity index (χ1n) is 3.28. The van der Waals surface area contributed by atoms with Crippen molar-refractivity contribution >= 4 is 44.9 Å². The van der Waals surface area contributed by atoms with E-state index in [9.17, 15) is 0 Å². The molecule has 0 saturated carbocycles. The topological polar surface area (TPSA) is 0 Å². The second kappa shape index (κ2) is 8.06. The quantitative estimate of drug-likeness (QED) is 0.642. The largest absolute Gasteiger partial charge is 0.106 e. The number of hydrogen-bond donors (Lipinski definition) is 0. The summed E-state index contributed by atoms with van der Waals surface area (Å²) in [4.78, 5) is 0.870. The molecular weight excluding hydrogens is 235 g/mol. The molecule has 4 heteroatoms. The van der Waals surface area contributed by atoms with Crippen molar-refractivity contribution in [1.82, 2.24) is 0 Å². The molecule has 0 aliphatic carbocycles. The predicted octanol–water partition coefficient (Wildman–Crippen LogP) is 4.74. The summed E-state index contributed by atoms with van der Waals surface area (Å²) < 4.78 is 0. The minimum absolute atomic E-state index is 0.222. The monoisotopic (exact) mass is 242 g/mol. The van der Waals surface area contributed by atoms with Crippen molar-refractivity contribution < 1.29 is 0 Å². The minimum Gasteiger partial charge on any atom is -0.106 e. The van der Waals surface area contributed by atoms with E-state index >= 15 is 0 Å². The third-order valence-corrected chi connectivity index (χ3v) is 1.82. The van der Waals surface area contributed by atoms with Crippen LogP contribution in [0.15, 0.2) is 35.2 Å². The van der Waals surface area contributed by atoms with Crippen LogP contribution < -0.4 is 0 Å². The van der Waals surface area contributed by atoms with Crippen molar-refractivity contribution in [3.63, 3.8) is 0 Å². The molecule has 0 heterocycles. The highest BCUT2D eigenvalue weighted by Gasteiger charge is 1.82. The van der Waals surface area contributed by atoms with Gasteiger partial charge in [-0.25, -0.2) is 0 Å². The van der Waals surface area contributed by atoms with Gasteiger partial charge >= 0.3 is 0 Å². The summed E-state index contributed by atoms with van der Waals surface area (Å²) in [5.74, 6) is 0. The summed E-state index contributed by atoms with van der Waals surface area (Å²) in [5.41, 5.74) is 0. The number of hydrogen-bond acceptors (Lipinski definition) is 1. The molecule has 0 bridgehead atoms. The third kappa shape index (κ3) is 8.54. The fourth-order valence-corrected chi connectivity index (χ4v) is 1.04. The Kier molecular flexibility index (Phi) is 8.35. The van der Waals surface area contributed by atoms with Crippen LogP contribution in [0.1, 0.15) is 6.92 Å². The lowest BCUT2D eigenvalue weighted by Crippen LogP contribution is -1.63. The Morgan fingerprint density at radius 1 is 1.17 bits per heavy atom. The van der Waals surface area contributed by atoms with Gasteiger partial charge in [0.05, 0.1) is 0 Å². The molecule has 0 aliphatic rings. The van der Waals surface area contributed by atoms with E-state index in [0.717, 1.165) is 4.90 Å². The van der Waals surface area contributed by atoms with Gasteiger partial charge in [-0.3, -0.25) is 0 Å². The second-order valence-corrected chi connectivity index (χ2v) is 4.53. The van der Waals surface area contributed by atoms with Crippen molar-refractivity contribution in [2.75, 3.05) is 0 Å². The van der Waals surface area contributed by atoms with E-state index in [4.69, 9.17) is 33.9 Å². The SMILES string of the molecule is CC(Cl)Cl.ClSc1ccccc1. The Balaban J connectivity index is 0.000000261. The Morgan fingerprint density at radius 3 is 1.83 bits per heavy atom. The first kappa shape index (κ1) is 12.4. The van der Waals surface area contributed by atoms with Crippen LogP contribution in [-0.2, 0) is 0 Å². The van der Waals surface area contributed by atoms with E-state index in [0.29, 0.717) is 0 Å². The first-order valence-corrected chi connectivity index (χ1v) is 5.80. The summed E-state index contributed by atoms with van der Waals surface area (Å²) in [7, 11) is 6.68. The van der Waals surface area contributed by atoms with Gasteiger partial charge in [0.25, 0.3) is 0 Å². The molecule has 1 rings (SSSR count). The maximum Gasteiger partial charge on any atom is 0.105 e. The van der Waals surface area contributed by atoms with E-state index in [-0.39, 0.29) is 4.84 Å². The van der Waals surface area contributed by atoms with E-state index in [1.54, 1.807) is 6.92 Å². The fourth-order valence-electron chi connectivity index (χ4n) is 0.472. The Hall–Kier alpha value is 0.440. The maximum atomic E-state index is 5.44. The van der Waals surface area contributed by atoms with Crippen LogP contribution in [0.25, 0.3) is 0 Å². The smallest absolute Gasteiger partial charge is 0.105 e. The lowest BCUT2D eigenvalue weighted by atomic mass is 10.4. The molecule has 1 aromatic carbocycles. The van der Waals surface area contributed by atoms with Gasteiger partial charge in [-0.2, -0.15) is 0 Å². The van der Waals surface area contributed by atoms with Crippen LogP contribution in [0.2, 0.25) is 0 Å². The third-order valence-electron chi connectivity index (χ3n) is 0.832. The van der Waals surface area contributed by atoms with Gasteiger partial charge in [-0.05, 0) is 40.7 Å². The average Bonchev–Trinajstić information content (AvgIpc) is 2.05. The summed E-state index contributed by atoms with van der Waals surface area (Å²) in [6.45, 7) is 1.70. The van der Waals surface area contributed by atoms with Gasteiger partial charge in [-0.1, -0.05) is 18.2 Å². The van der Waals surface area contributed by atoms with E-state index < -0.39 is 0 Å². The van der Waals surface area contributed by atoms with Gasteiger partial charge in [0.1, 0.15) is 4.84 Å². The maximum absolute atomic E-state index is 5.44. The second-order valence-electron chi connectivity index (χ2n) is 1.91. The van der Waals surface area contributed by atoms with Crippen molar-refractivity contribution in [3.8, 4) is 0 Å². The molecule has 68 valence electrons. The van der Waals surface area contributed by atoms with Gasteiger partial charge in [0, 0.05) is 4.90 Å². The molecule has 0 unspecified atom stereocenters. The zero-order valence-corrected chi connectivity index (χ0v) is 9.59. The highest BCUT2D eigenvalue weighted by molar-refractivity contribution is 8.21. The number of alkyl halides is 2. The molecule has 0 aliphatic heterocycles. The lowest BCUT2D eigenvalue weighted by Gasteiger charge is -1.86. The van der Waals surface area contributed by atoms with Gasteiger partial charge < -0.3 is 0 Å². The van der Waals surface area contributed by atoms with Crippen molar-refractivity contribution in [1.29, 1.82) is 0 Å². The first-order chi connectivity index (χ1) is 5.66. The average molecular weight is 244 g/mol. The highest BCUT2D eigenvalue weighted by Crippen LogP contribution is 2.19. The summed E-state index contributed by atoms with van der Waals surface area (Å²) >= 11 is 10.1. The zero-order valence-electron chi connectivity index (χ0n) is 6.51. The molecule has 0 nitrogen and oxygen atoms in total. The fraction of sp³-hybridized carbons (Fsp3) is 0.250. The highest BCUT2D eigenvalue weighted by atomic mass is 35.7. The zero-order chi connectivity index (χ0) is 9.40. The molecule has 0 radical (unpaired) electrons. The molecular formula is C8H9Cl3S. The lowest BCUT2D eigenvalue weighted by molar-refractivity contribution is 1.39. The molecule has 1 aromatic rings. The van der Waals surface area contributed by atoms with Crippen LogP contribution in [0.3, 0.4) is 0 Å². The summed E-state index contributed by atoms with van der Waals surface area (Å²) in [5, 5.41) is 0. The molecule has 0 N–H and O–H groups in total. The molecule has 0 amide bonds. The van der Waals surface area contributed by atoms with Gasteiger partial charge in [0.15, 0.2) is 0 Å². The standard InChI is InChI=1S/C6H5ClS.C2H4Cl2/c7-8-6-4-2-1-3-5-6;1-2(3)4/h1-5H;2H,1H3. The van der Waals surface area contributed by atoms with Crippen LogP contribution in [0.4, 0.5) is 0 Å². The minimum atomic E-state index is -0.222. The molecule has 0 aromatic heterocycles. The summed E-state index contributed by atoms with van der Waals surface area (Å²) in [6, 6.07) is 9.83. The van der Waals surface area contributed by atoms with Gasteiger partial charge in [-0.15, -0.1) is 23.2 Å². The molecule has 0 saturated heterocycles. The van der Waals surface area contributed by atoms with Crippen LogP contribution in [0.5, 0.6) is 0 Å². The van der Waals surface area contributed by atoms with Crippen molar-refractivity contribution in [3.05, 3.63) is 30.3 Å². The normalized spacial score (nSPS) is 9.08. The molecule has 0 atom stereocenters. The molecule has 12 heavy (non-hydrogen) atoms. The van der Waals surface area contributed by atoms with Crippen molar-refractivity contribution in [2.24, 2.45) is 0 Å². The Labute approximate surface area is 91.7 Å². The van der Waals surface area contributed by atoms with Crippen molar-refractivity contribution in [2.45, 2.75) is 16.7 Å². The van der Waals surface area contributed by atoms with E-state index in [2.05, 4.69) is 0 Å². The van der Waals surface area contributed by atoms with E-state index in [1.165, 1.54) is 11.0 Å². The summed E-state index contributed by atoms with van der Waals surface area (Å²) in [6.07, 6.45) is 0. The predicted molar refractivity (Wildman–Crippen MR) is 59.3 cm³/mol. The number of halogens is 3. The van der Waals surface area contributed by atoms with Crippen LogP contribution in [-0.4, -0.2) is 4.84 Å². The Morgan fingerprint density at radius 2 is 1.58 bits per heavy atom. The Bertz CT molecular complexity index is 186. The molecule has 0 fully saturated rings. The van der Waals surface area contributed by atoms with Crippen LogP contribution >= 0.6 is 44.9 Å². The van der Waals surface area contributed by atoms with Crippen LogP contribution in [0, 0.1) is 0 Å². The van der Waals surface area contributed by atoms with E-state index in [1.807, 2.05) is 30.3 Å². The number of rotatable bonds is 1. The van der Waals surface area contributed by atoms with Gasteiger partial charge in [0.2, 0.25) is 0 Å². The number of benzene rings is 1.